The van der Waals surface area contributed by atoms with Gasteiger partial charge in [-0.3, -0.25) is 0 Å². The van der Waals surface area contributed by atoms with Crippen molar-refractivity contribution in [2.24, 2.45) is 0 Å². The van der Waals surface area contributed by atoms with E-state index < -0.39 is 5.97 Å². The second kappa shape index (κ2) is 7.00. The van der Waals surface area contributed by atoms with Gasteiger partial charge in [-0.25, -0.2) is 4.79 Å². The van der Waals surface area contributed by atoms with Gasteiger partial charge in [0.1, 0.15) is 5.69 Å². The number of anilines is 1. The standard InChI is InChI=1S/C16H19ClN4O2/c1-2-23-16(22)15-14(18-20-19-15)12-7-6-11(10-13(12)17)21-8-4-3-5-9-21/h6-7,10H,2-5,8-9H2,1H3,(H,18,19,20). The number of nitrogens with one attached hydrogen (secondary N) is 1. The van der Waals surface area contributed by atoms with Gasteiger partial charge in [-0.2, -0.15) is 10.3 Å². The zero-order valence-electron chi connectivity index (χ0n) is 13.0. The molecule has 2 heterocycles. The molecule has 1 aliphatic heterocycles. The van der Waals surface area contributed by atoms with Crippen molar-refractivity contribution >= 4 is 23.3 Å². The maximum absolute atomic E-state index is 11.9. The minimum absolute atomic E-state index is 0.152. The summed E-state index contributed by atoms with van der Waals surface area (Å²) in [5.41, 5.74) is 2.34. The summed E-state index contributed by atoms with van der Waals surface area (Å²) in [6.07, 6.45) is 3.69. The molecule has 1 fully saturated rings. The summed E-state index contributed by atoms with van der Waals surface area (Å²) in [7, 11) is 0. The molecule has 23 heavy (non-hydrogen) atoms. The number of hydrogen-bond donors (Lipinski definition) is 1. The van der Waals surface area contributed by atoms with Gasteiger partial charge in [-0.1, -0.05) is 11.6 Å². The minimum atomic E-state index is -0.507. The predicted molar refractivity (Wildman–Crippen MR) is 88.8 cm³/mol. The Bertz CT molecular complexity index is 695. The van der Waals surface area contributed by atoms with E-state index in [-0.39, 0.29) is 12.3 Å². The highest BCUT2D eigenvalue weighted by molar-refractivity contribution is 6.33. The number of aromatic amines is 1. The van der Waals surface area contributed by atoms with Crippen molar-refractivity contribution < 1.29 is 9.53 Å². The van der Waals surface area contributed by atoms with E-state index in [1.54, 1.807) is 6.92 Å². The molecule has 0 saturated carbocycles. The summed E-state index contributed by atoms with van der Waals surface area (Å²) in [5.74, 6) is -0.507. The first-order valence-electron chi connectivity index (χ1n) is 7.83. The van der Waals surface area contributed by atoms with E-state index in [1.807, 2.05) is 18.2 Å². The van der Waals surface area contributed by atoms with Crippen LogP contribution in [0.4, 0.5) is 5.69 Å². The van der Waals surface area contributed by atoms with Crippen molar-refractivity contribution in [2.45, 2.75) is 26.2 Å². The number of esters is 1. The van der Waals surface area contributed by atoms with Crippen LogP contribution in [0.3, 0.4) is 0 Å². The van der Waals surface area contributed by atoms with Gasteiger partial charge < -0.3 is 9.64 Å². The van der Waals surface area contributed by atoms with E-state index in [2.05, 4.69) is 20.3 Å². The first kappa shape index (κ1) is 15.8. The van der Waals surface area contributed by atoms with Gasteiger partial charge in [0.25, 0.3) is 0 Å². The van der Waals surface area contributed by atoms with Gasteiger partial charge in [0.05, 0.1) is 11.6 Å². The van der Waals surface area contributed by atoms with Crippen LogP contribution in [0.5, 0.6) is 0 Å². The number of benzene rings is 1. The Labute approximate surface area is 139 Å². The van der Waals surface area contributed by atoms with Crippen LogP contribution in [0.15, 0.2) is 18.2 Å². The highest BCUT2D eigenvalue weighted by Crippen LogP contribution is 2.32. The van der Waals surface area contributed by atoms with Crippen molar-refractivity contribution in [3.63, 3.8) is 0 Å². The first-order chi connectivity index (χ1) is 11.2. The van der Waals surface area contributed by atoms with Gasteiger partial charge in [0.2, 0.25) is 0 Å². The lowest BCUT2D eigenvalue weighted by Gasteiger charge is -2.29. The Morgan fingerprint density at radius 2 is 2.09 bits per heavy atom. The fraction of sp³-hybridized carbons (Fsp3) is 0.438. The first-order valence-corrected chi connectivity index (χ1v) is 8.21. The van der Waals surface area contributed by atoms with E-state index in [4.69, 9.17) is 16.3 Å². The summed E-state index contributed by atoms with van der Waals surface area (Å²) < 4.78 is 4.99. The molecule has 0 radical (unpaired) electrons. The Hall–Kier alpha value is -2.08. The molecule has 1 aliphatic rings. The lowest BCUT2D eigenvalue weighted by molar-refractivity contribution is 0.0520. The molecule has 6 nitrogen and oxygen atoms in total. The van der Waals surface area contributed by atoms with Gasteiger partial charge in [0, 0.05) is 24.3 Å². The van der Waals surface area contributed by atoms with E-state index in [1.165, 1.54) is 19.3 Å². The van der Waals surface area contributed by atoms with Crippen molar-refractivity contribution in [1.29, 1.82) is 0 Å². The maximum Gasteiger partial charge on any atom is 0.361 e. The molecule has 0 spiro atoms. The lowest BCUT2D eigenvalue weighted by atomic mass is 10.1. The molecular weight excluding hydrogens is 316 g/mol. The van der Waals surface area contributed by atoms with Crippen LogP contribution >= 0.6 is 11.6 Å². The molecule has 0 bridgehead atoms. The van der Waals surface area contributed by atoms with Gasteiger partial charge in [-0.15, -0.1) is 5.10 Å². The molecule has 2 aromatic rings. The van der Waals surface area contributed by atoms with E-state index >= 15 is 0 Å². The number of hydrogen-bond acceptors (Lipinski definition) is 5. The molecule has 0 atom stereocenters. The number of H-pyrrole nitrogens is 1. The predicted octanol–water partition coefficient (Wildman–Crippen LogP) is 3.29. The molecule has 0 aliphatic carbocycles. The molecule has 122 valence electrons. The summed E-state index contributed by atoms with van der Waals surface area (Å²) in [5, 5.41) is 11.0. The summed E-state index contributed by atoms with van der Waals surface area (Å²) in [4.78, 5) is 14.3. The molecular formula is C16H19ClN4O2. The van der Waals surface area contributed by atoms with E-state index in [9.17, 15) is 4.79 Å². The number of carbonyl (C=O) groups excluding carboxylic acids is 1. The highest BCUT2D eigenvalue weighted by Gasteiger charge is 2.21. The zero-order valence-corrected chi connectivity index (χ0v) is 13.8. The molecule has 1 saturated heterocycles. The second-order valence-corrected chi connectivity index (χ2v) is 5.86. The van der Waals surface area contributed by atoms with Crippen molar-refractivity contribution in [3.05, 3.63) is 28.9 Å². The van der Waals surface area contributed by atoms with Gasteiger partial charge >= 0.3 is 5.97 Å². The van der Waals surface area contributed by atoms with Crippen LogP contribution in [0, 0.1) is 0 Å². The second-order valence-electron chi connectivity index (χ2n) is 5.45. The fourth-order valence-electron chi connectivity index (χ4n) is 2.81. The number of halogens is 1. The average Bonchev–Trinajstić information content (AvgIpc) is 3.05. The zero-order chi connectivity index (χ0) is 16.2. The number of aromatic nitrogens is 3. The third kappa shape index (κ3) is 3.32. The van der Waals surface area contributed by atoms with Crippen LogP contribution < -0.4 is 4.90 Å². The third-order valence-electron chi connectivity index (χ3n) is 3.95. The molecule has 1 aromatic heterocycles. The molecule has 0 unspecified atom stereocenters. The quantitative estimate of drug-likeness (QED) is 0.869. The minimum Gasteiger partial charge on any atom is -0.461 e. The van der Waals surface area contributed by atoms with E-state index in [0.717, 1.165) is 18.8 Å². The summed E-state index contributed by atoms with van der Waals surface area (Å²) in [6.45, 7) is 4.13. The summed E-state index contributed by atoms with van der Waals surface area (Å²) in [6, 6.07) is 5.81. The summed E-state index contributed by atoms with van der Waals surface area (Å²) >= 11 is 6.43. The molecule has 1 aromatic carbocycles. The number of nitrogens with zero attached hydrogens (tertiary/aromatic N) is 3. The van der Waals surface area contributed by atoms with Crippen molar-refractivity contribution in [2.75, 3.05) is 24.6 Å². The van der Waals surface area contributed by atoms with Gasteiger partial charge in [-0.05, 0) is 44.4 Å². The van der Waals surface area contributed by atoms with Crippen LogP contribution in [-0.4, -0.2) is 41.1 Å². The number of ether oxygens (including phenoxy) is 1. The lowest BCUT2D eigenvalue weighted by Crippen LogP contribution is -2.29. The largest absolute Gasteiger partial charge is 0.461 e. The third-order valence-corrected chi connectivity index (χ3v) is 4.26. The fourth-order valence-corrected chi connectivity index (χ4v) is 3.07. The topological polar surface area (TPSA) is 71.1 Å². The molecule has 3 rings (SSSR count). The maximum atomic E-state index is 11.9. The van der Waals surface area contributed by atoms with Crippen LogP contribution in [0.1, 0.15) is 36.7 Å². The Kier molecular flexibility index (Phi) is 4.81. The Morgan fingerprint density at radius 1 is 1.30 bits per heavy atom. The van der Waals surface area contributed by atoms with Crippen molar-refractivity contribution in [1.82, 2.24) is 15.4 Å². The Balaban J connectivity index is 1.89. The monoisotopic (exact) mass is 334 g/mol. The number of rotatable bonds is 4. The number of carbonyl (C=O) groups is 1. The van der Waals surface area contributed by atoms with E-state index in [0.29, 0.717) is 16.3 Å². The van der Waals surface area contributed by atoms with Crippen LogP contribution in [-0.2, 0) is 4.74 Å². The van der Waals surface area contributed by atoms with Crippen LogP contribution in [0.2, 0.25) is 5.02 Å². The van der Waals surface area contributed by atoms with Gasteiger partial charge in [0.15, 0.2) is 5.69 Å². The smallest absolute Gasteiger partial charge is 0.361 e. The molecule has 7 heteroatoms. The SMILES string of the molecule is CCOC(=O)c1n[nH]nc1-c1ccc(N2CCCCC2)cc1Cl. The Morgan fingerprint density at radius 3 is 2.78 bits per heavy atom. The average molecular weight is 335 g/mol. The normalized spacial score (nSPS) is 14.8. The van der Waals surface area contributed by atoms with Crippen LogP contribution in [0.25, 0.3) is 11.3 Å². The highest BCUT2D eigenvalue weighted by atomic mass is 35.5. The molecule has 0 amide bonds. The molecule has 1 N–H and O–H groups in total. The number of piperidine rings is 1. The van der Waals surface area contributed by atoms with Crippen molar-refractivity contribution in [3.8, 4) is 11.3 Å².